The van der Waals surface area contributed by atoms with Gasteiger partial charge in [0.2, 0.25) is 5.91 Å². The van der Waals surface area contributed by atoms with E-state index in [0.29, 0.717) is 0 Å². The summed E-state index contributed by atoms with van der Waals surface area (Å²) in [6, 6.07) is 12.1. The Morgan fingerprint density at radius 3 is 2.16 bits per heavy atom. The molecule has 0 radical (unpaired) electrons. The second kappa shape index (κ2) is 8.47. The van der Waals surface area contributed by atoms with E-state index in [1.54, 1.807) is 0 Å². The highest BCUT2D eigenvalue weighted by molar-refractivity contribution is 6.74. The number of nitrogens with zero attached hydrogens (tertiary/aromatic N) is 3. The van der Waals surface area contributed by atoms with Crippen molar-refractivity contribution in [2.75, 3.05) is 6.54 Å². The molecule has 1 saturated carbocycles. The number of carbonyl (C=O) groups is 1. The minimum atomic E-state index is -1.93. The van der Waals surface area contributed by atoms with Crippen LogP contribution in [0.15, 0.2) is 48.8 Å². The van der Waals surface area contributed by atoms with Crippen LogP contribution >= 0.6 is 0 Å². The first-order valence-corrected chi connectivity index (χ1v) is 14.4. The predicted molar refractivity (Wildman–Crippen MR) is 125 cm³/mol. The molecule has 1 saturated heterocycles. The molecule has 5 nitrogen and oxygen atoms in total. The molecule has 31 heavy (non-hydrogen) atoms. The topological polar surface area (TPSA) is 55.3 Å². The monoisotopic (exact) mass is 437 g/mol. The van der Waals surface area contributed by atoms with Gasteiger partial charge >= 0.3 is 0 Å². The summed E-state index contributed by atoms with van der Waals surface area (Å²) < 4.78 is 6.60. The molecule has 2 fully saturated rings. The lowest BCUT2D eigenvalue weighted by Gasteiger charge is -2.48. The van der Waals surface area contributed by atoms with Crippen molar-refractivity contribution in [2.24, 2.45) is 5.92 Å². The van der Waals surface area contributed by atoms with Crippen molar-refractivity contribution in [3.63, 3.8) is 0 Å². The number of pyridine rings is 2. The van der Waals surface area contributed by atoms with Crippen LogP contribution in [-0.2, 0) is 9.22 Å². The number of aromatic nitrogens is 2. The minimum absolute atomic E-state index is 0.0534. The lowest BCUT2D eigenvalue weighted by atomic mass is 9.83. The molecule has 1 aliphatic heterocycles. The molecule has 0 bridgehead atoms. The molecule has 0 N–H and O–H groups in total. The SMILES string of the molecule is CC(C)(C)[Si](C)(C)OC1CCN1C(=O)C1CCC(c2ccccn2)C1c1ccccn1. The van der Waals surface area contributed by atoms with Crippen molar-refractivity contribution in [1.29, 1.82) is 0 Å². The van der Waals surface area contributed by atoms with Crippen molar-refractivity contribution in [1.82, 2.24) is 14.9 Å². The highest BCUT2D eigenvalue weighted by Gasteiger charge is 2.49. The predicted octanol–water partition coefficient (Wildman–Crippen LogP) is 5.33. The Morgan fingerprint density at radius 1 is 1.00 bits per heavy atom. The van der Waals surface area contributed by atoms with Gasteiger partial charge in [-0.2, -0.15) is 0 Å². The van der Waals surface area contributed by atoms with Crippen LogP contribution < -0.4 is 0 Å². The Balaban J connectivity index is 1.57. The van der Waals surface area contributed by atoms with Gasteiger partial charge in [-0.15, -0.1) is 0 Å². The second-order valence-electron chi connectivity index (χ2n) is 10.5. The Hall–Kier alpha value is -2.05. The quantitative estimate of drug-likeness (QED) is 0.593. The van der Waals surface area contributed by atoms with Gasteiger partial charge in [0.05, 0.1) is 0 Å². The molecule has 2 aromatic heterocycles. The number of hydrogen-bond acceptors (Lipinski definition) is 4. The fourth-order valence-electron chi connectivity index (χ4n) is 4.66. The van der Waals surface area contributed by atoms with E-state index < -0.39 is 8.32 Å². The molecule has 3 heterocycles. The maximum atomic E-state index is 13.7. The highest BCUT2D eigenvalue weighted by atomic mass is 28.4. The molecular weight excluding hydrogens is 402 g/mol. The molecule has 1 aliphatic carbocycles. The van der Waals surface area contributed by atoms with Gasteiger partial charge in [-0.05, 0) is 55.2 Å². The maximum Gasteiger partial charge on any atom is 0.228 e. The van der Waals surface area contributed by atoms with Crippen molar-refractivity contribution < 1.29 is 9.22 Å². The molecule has 4 atom stereocenters. The molecular formula is C25H35N3O2Si. The molecule has 1 amide bonds. The van der Waals surface area contributed by atoms with E-state index in [4.69, 9.17) is 4.43 Å². The summed E-state index contributed by atoms with van der Waals surface area (Å²) in [5.74, 6) is 0.417. The Labute approximate surface area is 187 Å². The van der Waals surface area contributed by atoms with Gasteiger partial charge in [0.15, 0.2) is 8.32 Å². The van der Waals surface area contributed by atoms with Crippen molar-refractivity contribution in [3.8, 4) is 0 Å². The van der Waals surface area contributed by atoms with E-state index in [1.165, 1.54) is 0 Å². The second-order valence-corrected chi connectivity index (χ2v) is 15.2. The first kappa shape index (κ1) is 22.2. The number of hydrogen-bond donors (Lipinski definition) is 0. The van der Waals surface area contributed by atoms with E-state index in [1.807, 2.05) is 41.6 Å². The van der Waals surface area contributed by atoms with E-state index in [-0.39, 0.29) is 34.9 Å². The summed E-state index contributed by atoms with van der Waals surface area (Å²) in [6.45, 7) is 12.0. The number of carbonyl (C=O) groups excluding carboxylic acids is 1. The van der Waals surface area contributed by atoms with Crippen LogP contribution in [0.5, 0.6) is 0 Å². The summed E-state index contributed by atoms with van der Waals surface area (Å²) in [7, 11) is -1.93. The summed E-state index contributed by atoms with van der Waals surface area (Å²) in [6.07, 6.45) is 6.35. The molecule has 2 aliphatic rings. The van der Waals surface area contributed by atoms with Gasteiger partial charge in [0.25, 0.3) is 0 Å². The molecule has 166 valence electrons. The van der Waals surface area contributed by atoms with Crippen LogP contribution in [-0.4, -0.2) is 41.9 Å². The summed E-state index contributed by atoms with van der Waals surface area (Å²) in [4.78, 5) is 25.0. The fourth-order valence-corrected chi connectivity index (χ4v) is 5.94. The van der Waals surface area contributed by atoms with Crippen LogP contribution in [0.3, 0.4) is 0 Å². The van der Waals surface area contributed by atoms with Crippen molar-refractivity contribution in [3.05, 3.63) is 60.2 Å². The van der Waals surface area contributed by atoms with Crippen LogP contribution in [0.1, 0.15) is 63.3 Å². The summed E-state index contributed by atoms with van der Waals surface area (Å²) in [5, 5.41) is 0.130. The fraction of sp³-hybridized carbons (Fsp3) is 0.560. The van der Waals surface area contributed by atoms with Gasteiger partial charge in [0, 0.05) is 54.5 Å². The minimum Gasteiger partial charge on any atom is -0.397 e. The van der Waals surface area contributed by atoms with Gasteiger partial charge < -0.3 is 9.33 Å². The van der Waals surface area contributed by atoms with Gasteiger partial charge in [-0.3, -0.25) is 14.8 Å². The molecule has 6 heteroatoms. The lowest BCUT2D eigenvalue weighted by molar-refractivity contribution is -0.157. The Morgan fingerprint density at radius 2 is 1.65 bits per heavy atom. The molecule has 0 spiro atoms. The third-order valence-electron chi connectivity index (χ3n) is 7.55. The zero-order chi connectivity index (χ0) is 22.2. The number of amides is 1. The van der Waals surface area contributed by atoms with Crippen LogP contribution in [0.2, 0.25) is 18.1 Å². The van der Waals surface area contributed by atoms with Crippen molar-refractivity contribution >= 4 is 14.2 Å². The molecule has 2 aromatic rings. The van der Waals surface area contributed by atoms with Gasteiger partial charge in [-0.1, -0.05) is 32.9 Å². The third-order valence-corrected chi connectivity index (χ3v) is 12.0. The van der Waals surface area contributed by atoms with Gasteiger partial charge in [0.1, 0.15) is 6.23 Å². The normalized spacial score (nSPS) is 26.5. The van der Waals surface area contributed by atoms with Gasteiger partial charge in [-0.25, -0.2) is 0 Å². The number of rotatable bonds is 5. The van der Waals surface area contributed by atoms with E-state index in [9.17, 15) is 4.79 Å². The van der Waals surface area contributed by atoms with Crippen molar-refractivity contribution in [2.45, 2.75) is 76.2 Å². The average Bonchev–Trinajstić information content (AvgIpc) is 3.17. The first-order chi connectivity index (χ1) is 14.7. The first-order valence-electron chi connectivity index (χ1n) is 11.5. The van der Waals surface area contributed by atoms with E-state index in [2.05, 4.69) is 56.0 Å². The van der Waals surface area contributed by atoms with Crippen LogP contribution in [0, 0.1) is 5.92 Å². The lowest BCUT2D eigenvalue weighted by Crippen LogP contribution is -2.59. The zero-order valence-electron chi connectivity index (χ0n) is 19.4. The zero-order valence-corrected chi connectivity index (χ0v) is 20.4. The standard InChI is InChI=1S/C25H35N3O2Si/c1-25(2,3)31(4,5)30-22-14-17-28(22)24(29)19-13-12-18(20-10-6-8-15-26-20)23(19)21-11-7-9-16-27-21/h6-11,15-16,18-19,22-23H,12-14,17H2,1-5H3. The maximum absolute atomic E-state index is 13.7. The largest absolute Gasteiger partial charge is 0.397 e. The van der Waals surface area contributed by atoms with E-state index in [0.717, 1.165) is 37.2 Å². The highest BCUT2D eigenvalue weighted by Crippen LogP contribution is 2.50. The summed E-state index contributed by atoms with van der Waals surface area (Å²) in [5.41, 5.74) is 2.06. The van der Waals surface area contributed by atoms with Crippen LogP contribution in [0.25, 0.3) is 0 Å². The Kier molecular flexibility index (Phi) is 6.05. The summed E-state index contributed by atoms with van der Waals surface area (Å²) >= 11 is 0. The van der Waals surface area contributed by atoms with E-state index >= 15 is 0 Å². The average molecular weight is 438 g/mol. The molecule has 4 unspecified atom stereocenters. The molecule has 4 rings (SSSR count). The van der Waals surface area contributed by atoms with Crippen LogP contribution in [0.4, 0.5) is 0 Å². The third kappa shape index (κ3) is 4.33. The number of likely N-dealkylation sites (tertiary alicyclic amines) is 1. The molecule has 0 aromatic carbocycles. The Bertz CT molecular complexity index is 898. The smallest absolute Gasteiger partial charge is 0.228 e.